The predicted octanol–water partition coefficient (Wildman–Crippen LogP) is 4.51. The minimum Gasteiger partial charge on any atom is -0.268 e. The highest BCUT2D eigenvalue weighted by molar-refractivity contribution is 7.13. The maximum atomic E-state index is 6.30. The third kappa shape index (κ3) is 3.55. The number of nitrogens with zero attached hydrogens (tertiary/aromatic N) is 4. The van der Waals surface area contributed by atoms with Crippen LogP contribution in [0.1, 0.15) is 15.6 Å². The van der Waals surface area contributed by atoms with Gasteiger partial charge in [0.05, 0.1) is 10.8 Å². The minimum absolute atomic E-state index is 0.520. The third-order valence-corrected chi connectivity index (χ3v) is 4.57. The van der Waals surface area contributed by atoms with Crippen molar-refractivity contribution in [2.45, 2.75) is 13.8 Å². The summed E-state index contributed by atoms with van der Waals surface area (Å²) in [5, 5.41) is 9.43. The van der Waals surface area contributed by atoms with Gasteiger partial charge in [-0.1, -0.05) is 36.4 Å². The number of hydrazone groups is 1. The van der Waals surface area contributed by atoms with Gasteiger partial charge in [0.2, 0.25) is 5.01 Å². The van der Waals surface area contributed by atoms with Gasteiger partial charge in [0.25, 0.3) is 0 Å². The Balaban J connectivity index is 2.09. The van der Waals surface area contributed by atoms with Crippen LogP contribution >= 0.6 is 11.3 Å². The molecule has 0 atom stereocenters. The standard InChI is InChI=1S/C18H18N5S/c1-13-14(2)24-18(20-13)17(22-21-15-9-5-3-6-10-15)23(19)16-11-7-4-8-12-16/h3-12H,19H2,1-2H3/q+1. The molecule has 0 spiro atoms. The van der Waals surface area contributed by atoms with Crippen molar-refractivity contribution in [1.29, 1.82) is 0 Å². The second-order valence-electron chi connectivity index (χ2n) is 5.23. The van der Waals surface area contributed by atoms with Crippen molar-refractivity contribution in [1.82, 2.24) is 4.98 Å². The molecule has 3 rings (SSSR count). The first-order chi connectivity index (χ1) is 11.6. The third-order valence-electron chi connectivity index (χ3n) is 3.50. The highest BCUT2D eigenvalue weighted by atomic mass is 32.1. The van der Waals surface area contributed by atoms with Crippen LogP contribution < -0.4 is 5.84 Å². The summed E-state index contributed by atoms with van der Waals surface area (Å²) in [7, 11) is 0. The lowest BCUT2D eigenvalue weighted by Crippen LogP contribution is -2.22. The lowest BCUT2D eigenvalue weighted by atomic mass is 10.3. The van der Waals surface area contributed by atoms with E-state index in [4.69, 9.17) is 5.84 Å². The van der Waals surface area contributed by atoms with E-state index < -0.39 is 0 Å². The van der Waals surface area contributed by atoms with Crippen molar-refractivity contribution in [3.63, 3.8) is 0 Å². The molecule has 5 nitrogen and oxygen atoms in total. The number of aromatic nitrogens is 1. The summed E-state index contributed by atoms with van der Waals surface area (Å²) in [5.74, 6) is 6.82. The van der Waals surface area contributed by atoms with Crippen molar-refractivity contribution in [3.05, 3.63) is 76.2 Å². The number of aryl methyl sites for hydroxylation is 2. The zero-order chi connectivity index (χ0) is 16.9. The molecule has 0 saturated carbocycles. The van der Waals surface area contributed by atoms with Crippen molar-refractivity contribution < 1.29 is 4.68 Å². The molecule has 0 bridgehead atoms. The Bertz CT molecular complexity index is 863. The first-order valence-corrected chi connectivity index (χ1v) is 8.35. The average molecular weight is 336 g/mol. The molecule has 6 heteroatoms. The van der Waals surface area contributed by atoms with Crippen molar-refractivity contribution >= 4 is 28.5 Å². The zero-order valence-corrected chi connectivity index (χ0v) is 14.4. The van der Waals surface area contributed by atoms with Gasteiger partial charge in [0.1, 0.15) is 5.69 Å². The second-order valence-corrected chi connectivity index (χ2v) is 6.43. The van der Waals surface area contributed by atoms with Crippen molar-refractivity contribution in [2.75, 3.05) is 0 Å². The van der Waals surface area contributed by atoms with Crippen LogP contribution in [0.4, 0.5) is 11.4 Å². The van der Waals surface area contributed by atoms with Crippen LogP contribution in [0.5, 0.6) is 0 Å². The van der Waals surface area contributed by atoms with Crippen LogP contribution in [0.15, 0.2) is 70.9 Å². The van der Waals surface area contributed by atoms with E-state index in [9.17, 15) is 0 Å². The molecule has 0 aliphatic carbocycles. The van der Waals surface area contributed by atoms with Gasteiger partial charge >= 0.3 is 5.84 Å². The number of nitrogens with two attached hydrogens (primary N) is 1. The maximum absolute atomic E-state index is 6.30. The molecule has 0 aliphatic heterocycles. The number of thiazole rings is 1. The Hall–Kier alpha value is -2.86. The number of amidine groups is 1. The average Bonchev–Trinajstić information content (AvgIpc) is 2.95. The summed E-state index contributed by atoms with van der Waals surface area (Å²) in [6, 6.07) is 19.2. The Labute approximate surface area is 144 Å². The first-order valence-electron chi connectivity index (χ1n) is 7.53. The quantitative estimate of drug-likeness (QED) is 0.191. The van der Waals surface area contributed by atoms with Gasteiger partial charge in [-0.2, -0.15) is 0 Å². The molecule has 0 aliphatic rings. The summed E-state index contributed by atoms with van der Waals surface area (Å²) in [6.07, 6.45) is 0. The molecule has 0 fully saturated rings. The second kappa shape index (κ2) is 7.14. The number of rotatable bonds is 3. The maximum Gasteiger partial charge on any atom is 0.409 e. The van der Waals surface area contributed by atoms with Crippen LogP contribution in [-0.2, 0) is 0 Å². The minimum atomic E-state index is 0.520. The Morgan fingerprint density at radius 1 is 1.00 bits per heavy atom. The molecule has 3 aromatic rings. The molecule has 2 N–H and O–H groups in total. The van der Waals surface area contributed by atoms with E-state index in [2.05, 4.69) is 15.2 Å². The van der Waals surface area contributed by atoms with Gasteiger partial charge in [-0.15, -0.1) is 16.0 Å². The van der Waals surface area contributed by atoms with Gasteiger partial charge < -0.3 is 0 Å². The summed E-state index contributed by atoms with van der Waals surface area (Å²) < 4.78 is 1.52. The van der Waals surface area contributed by atoms with E-state index in [1.807, 2.05) is 74.5 Å². The Morgan fingerprint density at radius 2 is 1.62 bits per heavy atom. The summed E-state index contributed by atoms with van der Waals surface area (Å²) >= 11 is 1.56. The smallest absolute Gasteiger partial charge is 0.268 e. The number of benzene rings is 2. The molecule has 1 heterocycles. The van der Waals surface area contributed by atoms with Crippen LogP contribution in [-0.4, -0.2) is 15.5 Å². The lowest BCUT2D eigenvalue weighted by Gasteiger charge is -1.99. The fourth-order valence-corrected chi connectivity index (χ4v) is 2.97. The number of hydrogen-bond donors (Lipinski definition) is 1. The topological polar surface area (TPSA) is 66.6 Å². The predicted molar refractivity (Wildman–Crippen MR) is 97.2 cm³/mol. The SMILES string of the molecule is Cc1nc(C(N=Nc2ccccc2)=[N+](N)c2ccccc2)sc1C. The lowest BCUT2D eigenvalue weighted by molar-refractivity contribution is -0.452. The number of para-hydroxylation sites is 1. The molecular formula is C18H18N5S+. The highest BCUT2D eigenvalue weighted by Gasteiger charge is 2.23. The molecular weight excluding hydrogens is 318 g/mol. The largest absolute Gasteiger partial charge is 0.409 e. The van der Waals surface area contributed by atoms with Crippen LogP contribution in [0.25, 0.3) is 0 Å². The fourth-order valence-electron chi connectivity index (χ4n) is 2.07. The van der Waals surface area contributed by atoms with E-state index in [1.165, 1.54) is 4.68 Å². The summed E-state index contributed by atoms with van der Waals surface area (Å²) in [6.45, 7) is 4.01. The summed E-state index contributed by atoms with van der Waals surface area (Å²) in [4.78, 5) is 5.71. The summed E-state index contributed by atoms with van der Waals surface area (Å²) in [5.41, 5.74) is 2.57. The zero-order valence-electron chi connectivity index (χ0n) is 13.5. The Morgan fingerprint density at radius 3 is 2.21 bits per heavy atom. The normalized spacial score (nSPS) is 12.4. The van der Waals surface area contributed by atoms with Crippen LogP contribution in [0.2, 0.25) is 0 Å². The van der Waals surface area contributed by atoms with E-state index in [1.54, 1.807) is 11.3 Å². The number of hydrogen-bond acceptors (Lipinski definition) is 4. The van der Waals surface area contributed by atoms with Crippen LogP contribution in [0, 0.1) is 13.8 Å². The number of hydrazine groups is 1. The Kier molecular flexibility index (Phi) is 4.77. The molecule has 24 heavy (non-hydrogen) atoms. The van der Waals surface area contributed by atoms with Gasteiger partial charge in [0.15, 0.2) is 5.69 Å². The van der Waals surface area contributed by atoms with Crippen LogP contribution in [0.3, 0.4) is 0 Å². The fraction of sp³-hybridized carbons (Fsp3) is 0.111. The van der Waals surface area contributed by atoms with Gasteiger partial charge in [-0.25, -0.2) is 4.98 Å². The van der Waals surface area contributed by atoms with Gasteiger partial charge in [-0.3, -0.25) is 5.84 Å². The molecule has 2 aromatic carbocycles. The molecule has 0 unspecified atom stereocenters. The molecule has 0 amide bonds. The molecule has 0 saturated heterocycles. The van der Waals surface area contributed by atoms with E-state index in [-0.39, 0.29) is 0 Å². The molecule has 0 radical (unpaired) electrons. The molecule has 120 valence electrons. The van der Waals surface area contributed by atoms with Gasteiger partial charge in [-0.05, 0) is 43.2 Å². The molecule has 1 aromatic heterocycles. The number of azo groups is 1. The van der Waals surface area contributed by atoms with Gasteiger partial charge in [0, 0.05) is 4.88 Å². The monoisotopic (exact) mass is 336 g/mol. The van der Waals surface area contributed by atoms with E-state index in [0.717, 1.165) is 27.0 Å². The van der Waals surface area contributed by atoms with Crippen molar-refractivity contribution in [2.24, 2.45) is 16.1 Å². The van der Waals surface area contributed by atoms with Crippen molar-refractivity contribution in [3.8, 4) is 0 Å². The van der Waals surface area contributed by atoms with E-state index in [0.29, 0.717) is 5.84 Å². The first kappa shape index (κ1) is 16.0. The van der Waals surface area contributed by atoms with E-state index >= 15 is 0 Å². The highest BCUT2D eigenvalue weighted by Crippen LogP contribution is 2.21.